The van der Waals surface area contributed by atoms with Crippen LogP contribution in [0.1, 0.15) is 45.4 Å². The lowest BCUT2D eigenvalue weighted by Crippen LogP contribution is -2.42. The zero-order valence-corrected chi connectivity index (χ0v) is 10.1. The van der Waals surface area contributed by atoms with E-state index in [2.05, 4.69) is 4.90 Å². The molecule has 0 aromatic heterocycles. The molecule has 0 aromatic rings. The number of aliphatic hydroxyl groups is 1. The van der Waals surface area contributed by atoms with Crippen LogP contribution in [0.5, 0.6) is 0 Å². The number of aliphatic carboxylic acids is 1. The summed E-state index contributed by atoms with van der Waals surface area (Å²) in [6.45, 7) is 4.87. The van der Waals surface area contributed by atoms with Gasteiger partial charge in [0.2, 0.25) is 0 Å². The van der Waals surface area contributed by atoms with Gasteiger partial charge in [-0.1, -0.05) is 6.42 Å². The lowest BCUT2D eigenvalue weighted by molar-refractivity contribution is -0.137. The Morgan fingerprint density at radius 3 is 2.44 bits per heavy atom. The first-order chi connectivity index (χ1) is 7.49. The molecule has 2 N–H and O–H groups in total. The van der Waals surface area contributed by atoms with Gasteiger partial charge in [-0.05, 0) is 39.2 Å². The van der Waals surface area contributed by atoms with Gasteiger partial charge in [-0.25, -0.2) is 0 Å². The monoisotopic (exact) mass is 229 g/mol. The number of rotatable bonds is 6. The van der Waals surface area contributed by atoms with Gasteiger partial charge in [-0.3, -0.25) is 4.79 Å². The SMILES string of the molecule is CC1(O)CCN(CCCCCC(=O)O)CC1. The predicted molar refractivity (Wildman–Crippen MR) is 62.4 cm³/mol. The highest BCUT2D eigenvalue weighted by Gasteiger charge is 2.26. The molecule has 0 atom stereocenters. The minimum atomic E-state index is -0.700. The fourth-order valence-corrected chi connectivity index (χ4v) is 2.05. The zero-order valence-electron chi connectivity index (χ0n) is 10.1. The number of carbonyl (C=O) groups is 1. The van der Waals surface area contributed by atoms with E-state index in [1.54, 1.807) is 0 Å². The van der Waals surface area contributed by atoms with Crippen molar-refractivity contribution in [2.75, 3.05) is 19.6 Å². The maximum Gasteiger partial charge on any atom is 0.303 e. The molecule has 1 aliphatic heterocycles. The smallest absolute Gasteiger partial charge is 0.303 e. The minimum absolute atomic E-state index is 0.286. The van der Waals surface area contributed by atoms with Crippen LogP contribution in [-0.2, 0) is 4.79 Å². The first kappa shape index (κ1) is 13.5. The highest BCUT2D eigenvalue weighted by atomic mass is 16.4. The summed E-state index contributed by atoms with van der Waals surface area (Å²) in [6.07, 6.45) is 4.81. The molecule has 16 heavy (non-hydrogen) atoms. The van der Waals surface area contributed by atoms with Crippen molar-refractivity contribution >= 4 is 5.97 Å². The van der Waals surface area contributed by atoms with Gasteiger partial charge in [0.15, 0.2) is 0 Å². The summed E-state index contributed by atoms with van der Waals surface area (Å²) in [6, 6.07) is 0. The van der Waals surface area contributed by atoms with Crippen molar-refractivity contribution in [2.24, 2.45) is 0 Å². The minimum Gasteiger partial charge on any atom is -0.481 e. The van der Waals surface area contributed by atoms with Crippen molar-refractivity contribution in [1.82, 2.24) is 4.90 Å². The average molecular weight is 229 g/mol. The van der Waals surface area contributed by atoms with Crippen LogP contribution in [0.3, 0.4) is 0 Å². The lowest BCUT2D eigenvalue weighted by atomic mass is 9.94. The quantitative estimate of drug-likeness (QED) is 0.677. The van der Waals surface area contributed by atoms with E-state index in [0.717, 1.165) is 51.7 Å². The zero-order chi connectivity index (χ0) is 12.0. The molecular formula is C12H23NO3. The third kappa shape index (κ3) is 5.47. The van der Waals surface area contributed by atoms with Crippen LogP contribution in [0.4, 0.5) is 0 Å². The molecule has 1 fully saturated rings. The highest BCUT2D eigenvalue weighted by Crippen LogP contribution is 2.21. The second-order valence-corrected chi connectivity index (χ2v) is 5.04. The van der Waals surface area contributed by atoms with Gasteiger partial charge < -0.3 is 15.1 Å². The Balaban J connectivity index is 2.00. The third-order valence-electron chi connectivity index (χ3n) is 3.30. The van der Waals surface area contributed by atoms with Crippen LogP contribution in [0.25, 0.3) is 0 Å². The van der Waals surface area contributed by atoms with E-state index in [4.69, 9.17) is 5.11 Å². The molecule has 4 nitrogen and oxygen atoms in total. The van der Waals surface area contributed by atoms with Crippen LogP contribution in [0.15, 0.2) is 0 Å². The van der Waals surface area contributed by atoms with Gasteiger partial charge in [0, 0.05) is 19.5 Å². The lowest BCUT2D eigenvalue weighted by Gasteiger charge is -2.35. The predicted octanol–water partition coefficient (Wildman–Crippen LogP) is 1.48. The van der Waals surface area contributed by atoms with Crippen LogP contribution in [-0.4, -0.2) is 46.3 Å². The summed E-state index contributed by atoms with van der Waals surface area (Å²) >= 11 is 0. The summed E-state index contributed by atoms with van der Waals surface area (Å²) < 4.78 is 0. The normalized spacial score (nSPS) is 20.9. The Kier molecular flexibility index (Phi) is 5.22. The van der Waals surface area contributed by atoms with E-state index in [1.165, 1.54) is 0 Å². The molecule has 1 rings (SSSR count). The summed E-state index contributed by atoms with van der Waals surface area (Å²) in [5.41, 5.74) is -0.472. The van der Waals surface area contributed by atoms with Gasteiger partial charge in [0.05, 0.1) is 5.60 Å². The average Bonchev–Trinajstić information content (AvgIpc) is 2.19. The molecule has 0 saturated carbocycles. The van der Waals surface area contributed by atoms with E-state index >= 15 is 0 Å². The summed E-state index contributed by atoms with van der Waals surface area (Å²) in [5.74, 6) is -0.700. The molecule has 0 unspecified atom stereocenters. The molecule has 1 heterocycles. The van der Waals surface area contributed by atoms with E-state index in [0.29, 0.717) is 0 Å². The maximum atomic E-state index is 10.3. The first-order valence-electron chi connectivity index (χ1n) is 6.16. The Morgan fingerprint density at radius 2 is 1.88 bits per heavy atom. The number of nitrogens with zero attached hydrogens (tertiary/aromatic N) is 1. The van der Waals surface area contributed by atoms with Crippen molar-refractivity contribution in [3.8, 4) is 0 Å². The Labute approximate surface area is 97.3 Å². The second-order valence-electron chi connectivity index (χ2n) is 5.04. The number of carboxylic acid groups (broad SMARTS) is 1. The second kappa shape index (κ2) is 6.21. The number of unbranched alkanes of at least 4 members (excludes halogenated alkanes) is 2. The Hall–Kier alpha value is -0.610. The largest absolute Gasteiger partial charge is 0.481 e. The van der Waals surface area contributed by atoms with Gasteiger partial charge >= 0.3 is 5.97 Å². The van der Waals surface area contributed by atoms with Crippen molar-refractivity contribution in [1.29, 1.82) is 0 Å². The summed E-state index contributed by atoms with van der Waals surface area (Å²) in [5, 5.41) is 18.3. The molecule has 0 radical (unpaired) electrons. The highest BCUT2D eigenvalue weighted by molar-refractivity contribution is 5.66. The molecule has 94 valence electrons. The van der Waals surface area contributed by atoms with E-state index in [9.17, 15) is 9.90 Å². The Morgan fingerprint density at radius 1 is 1.25 bits per heavy atom. The topological polar surface area (TPSA) is 60.8 Å². The fourth-order valence-electron chi connectivity index (χ4n) is 2.05. The van der Waals surface area contributed by atoms with Gasteiger partial charge in [0.25, 0.3) is 0 Å². The number of carboxylic acids is 1. The van der Waals surface area contributed by atoms with Crippen molar-refractivity contribution in [3.63, 3.8) is 0 Å². The van der Waals surface area contributed by atoms with Crippen molar-refractivity contribution in [2.45, 2.75) is 51.0 Å². The third-order valence-corrected chi connectivity index (χ3v) is 3.30. The van der Waals surface area contributed by atoms with Crippen LogP contribution in [0, 0.1) is 0 Å². The molecule has 0 amide bonds. The van der Waals surface area contributed by atoms with Crippen LogP contribution < -0.4 is 0 Å². The van der Waals surface area contributed by atoms with Crippen molar-refractivity contribution < 1.29 is 15.0 Å². The molecule has 0 aliphatic carbocycles. The summed E-state index contributed by atoms with van der Waals surface area (Å²) in [7, 11) is 0. The van der Waals surface area contributed by atoms with E-state index in [-0.39, 0.29) is 6.42 Å². The molecule has 1 aliphatic rings. The number of piperidine rings is 1. The van der Waals surface area contributed by atoms with Crippen molar-refractivity contribution in [3.05, 3.63) is 0 Å². The van der Waals surface area contributed by atoms with Crippen LogP contribution in [0.2, 0.25) is 0 Å². The first-order valence-corrected chi connectivity index (χ1v) is 6.16. The maximum absolute atomic E-state index is 10.3. The van der Waals surface area contributed by atoms with Crippen LogP contribution >= 0.6 is 0 Å². The number of likely N-dealkylation sites (tertiary alicyclic amines) is 1. The molecule has 0 spiro atoms. The van der Waals surface area contributed by atoms with E-state index < -0.39 is 11.6 Å². The van der Waals surface area contributed by atoms with Gasteiger partial charge in [-0.2, -0.15) is 0 Å². The standard InChI is InChI=1S/C12H23NO3/c1-12(16)6-9-13(10-7-12)8-4-2-3-5-11(14)15/h16H,2-10H2,1H3,(H,14,15). The van der Waals surface area contributed by atoms with Gasteiger partial charge in [0.1, 0.15) is 0 Å². The van der Waals surface area contributed by atoms with E-state index in [1.807, 2.05) is 6.92 Å². The van der Waals surface area contributed by atoms with Gasteiger partial charge in [-0.15, -0.1) is 0 Å². The number of hydrogen-bond donors (Lipinski definition) is 2. The molecule has 0 bridgehead atoms. The number of hydrogen-bond acceptors (Lipinski definition) is 3. The molecule has 4 heteroatoms. The molecule has 1 saturated heterocycles. The fraction of sp³-hybridized carbons (Fsp3) is 0.917. The molecular weight excluding hydrogens is 206 g/mol. The summed E-state index contributed by atoms with van der Waals surface area (Å²) in [4.78, 5) is 12.7. The molecule has 0 aromatic carbocycles. The Bertz CT molecular complexity index is 218.